The molecule has 1 aromatic carbocycles. The SMILES string of the molecule is CC(=O)CNC(=O)c1cccc2ncccc12. The molecule has 0 radical (unpaired) electrons. The normalized spacial score (nSPS) is 10.2. The van der Waals surface area contributed by atoms with Gasteiger partial charge in [0.1, 0.15) is 5.78 Å². The highest BCUT2D eigenvalue weighted by molar-refractivity contribution is 6.06. The van der Waals surface area contributed by atoms with Crippen molar-refractivity contribution in [1.29, 1.82) is 0 Å². The smallest absolute Gasteiger partial charge is 0.252 e. The lowest BCUT2D eigenvalue weighted by molar-refractivity contribution is -0.116. The standard InChI is InChI=1S/C13H12N2O2/c1-9(16)8-15-13(17)11-4-2-6-12-10(11)5-3-7-14-12/h2-7H,8H2,1H3,(H,15,17). The topological polar surface area (TPSA) is 59.1 Å². The van der Waals surface area contributed by atoms with Crippen LogP contribution in [-0.2, 0) is 4.79 Å². The maximum atomic E-state index is 11.9. The predicted octanol–water partition coefficient (Wildman–Crippen LogP) is 1.55. The molecule has 2 aromatic rings. The summed E-state index contributed by atoms with van der Waals surface area (Å²) in [7, 11) is 0. The average molecular weight is 228 g/mol. The van der Waals surface area contributed by atoms with E-state index >= 15 is 0 Å². The highest BCUT2D eigenvalue weighted by Crippen LogP contribution is 2.15. The summed E-state index contributed by atoms with van der Waals surface area (Å²) >= 11 is 0. The first kappa shape index (κ1) is 11.3. The number of nitrogens with one attached hydrogen (secondary N) is 1. The second-order valence-electron chi connectivity index (χ2n) is 3.76. The largest absolute Gasteiger partial charge is 0.345 e. The van der Waals surface area contributed by atoms with E-state index in [1.807, 2.05) is 12.1 Å². The summed E-state index contributed by atoms with van der Waals surface area (Å²) in [5, 5.41) is 3.36. The van der Waals surface area contributed by atoms with Crippen molar-refractivity contribution >= 4 is 22.6 Å². The van der Waals surface area contributed by atoms with Gasteiger partial charge in [0.15, 0.2) is 0 Å². The third-order valence-corrected chi connectivity index (χ3v) is 2.39. The second kappa shape index (κ2) is 4.74. The van der Waals surface area contributed by atoms with Gasteiger partial charge in [0.25, 0.3) is 5.91 Å². The van der Waals surface area contributed by atoms with E-state index in [9.17, 15) is 9.59 Å². The molecule has 1 aromatic heterocycles. The molecule has 0 spiro atoms. The van der Waals surface area contributed by atoms with Crippen LogP contribution in [0.2, 0.25) is 0 Å². The molecule has 0 bridgehead atoms. The predicted molar refractivity (Wildman–Crippen MR) is 64.8 cm³/mol. The monoisotopic (exact) mass is 228 g/mol. The molecule has 0 atom stereocenters. The van der Waals surface area contributed by atoms with E-state index in [1.165, 1.54) is 6.92 Å². The molecule has 1 amide bonds. The highest BCUT2D eigenvalue weighted by Gasteiger charge is 2.09. The molecule has 1 heterocycles. The summed E-state index contributed by atoms with van der Waals surface area (Å²) in [5.41, 5.74) is 1.31. The van der Waals surface area contributed by atoms with Crippen molar-refractivity contribution in [3.8, 4) is 0 Å². The van der Waals surface area contributed by atoms with Crippen molar-refractivity contribution in [3.05, 3.63) is 42.1 Å². The number of carbonyl (C=O) groups excluding carboxylic acids is 2. The van der Waals surface area contributed by atoms with Gasteiger partial charge in [-0.05, 0) is 25.1 Å². The van der Waals surface area contributed by atoms with Crippen LogP contribution in [0.15, 0.2) is 36.5 Å². The van der Waals surface area contributed by atoms with Gasteiger partial charge < -0.3 is 5.32 Å². The first-order valence-corrected chi connectivity index (χ1v) is 5.30. The summed E-state index contributed by atoms with van der Waals surface area (Å²) in [6, 6.07) is 8.96. The Bertz CT molecular complexity index is 573. The van der Waals surface area contributed by atoms with Gasteiger partial charge in [0, 0.05) is 17.1 Å². The second-order valence-corrected chi connectivity index (χ2v) is 3.76. The van der Waals surface area contributed by atoms with Crippen LogP contribution in [0.3, 0.4) is 0 Å². The number of carbonyl (C=O) groups is 2. The molecule has 0 fully saturated rings. The molecule has 86 valence electrons. The molecular formula is C13H12N2O2. The van der Waals surface area contributed by atoms with Gasteiger partial charge in [-0.3, -0.25) is 14.6 Å². The molecule has 0 aliphatic carbocycles. The minimum absolute atomic E-state index is 0.0511. The van der Waals surface area contributed by atoms with Crippen LogP contribution in [0.25, 0.3) is 10.9 Å². The number of rotatable bonds is 3. The molecular weight excluding hydrogens is 216 g/mol. The number of benzene rings is 1. The van der Waals surface area contributed by atoms with E-state index < -0.39 is 0 Å². The van der Waals surface area contributed by atoms with Gasteiger partial charge in [-0.15, -0.1) is 0 Å². The zero-order valence-electron chi connectivity index (χ0n) is 9.43. The number of pyridine rings is 1. The number of hydrogen-bond acceptors (Lipinski definition) is 3. The Morgan fingerprint density at radius 1 is 1.24 bits per heavy atom. The number of aromatic nitrogens is 1. The van der Waals surface area contributed by atoms with Crippen LogP contribution >= 0.6 is 0 Å². The Hall–Kier alpha value is -2.23. The Labute approximate surface area is 98.7 Å². The Morgan fingerprint density at radius 2 is 2.06 bits per heavy atom. The van der Waals surface area contributed by atoms with Gasteiger partial charge in [0.2, 0.25) is 0 Å². The summed E-state index contributed by atoms with van der Waals surface area (Å²) in [6.45, 7) is 1.49. The lowest BCUT2D eigenvalue weighted by Crippen LogP contribution is -2.28. The van der Waals surface area contributed by atoms with Crippen molar-refractivity contribution in [2.45, 2.75) is 6.92 Å². The minimum Gasteiger partial charge on any atom is -0.345 e. The minimum atomic E-state index is -0.251. The lowest BCUT2D eigenvalue weighted by Gasteiger charge is -2.05. The van der Waals surface area contributed by atoms with Crippen molar-refractivity contribution < 1.29 is 9.59 Å². The first-order chi connectivity index (χ1) is 8.18. The fourth-order valence-electron chi connectivity index (χ4n) is 1.60. The Morgan fingerprint density at radius 3 is 2.82 bits per heavy atom. The molecule has 4 nitrogen and oxygen atoms in total. The van der Waals surface area contributed by atoms with E-state index in [0.717, 1.165) is 10.9 Å². The molecule has 0 saturated heterocycles. The van der Waals surface area contributed by atoms with Crippen LogP contribution < -0.4 is 5.32 Å². The number of Topliss-reactive ketones (excluding diaryl/α,β-unsaturated/α-hetero) is 1. The zero-order valence-corrected chi connectivity index (χ0v) is 9.43. The number of ketones is 1. The van der Waals surface area contributed by atoms with Crippen molar-refractivity contribution in [2.75, 3.05) is 6.54 Å². The van der Waals surface area contributed by atoms with Gasteiger partial charge in [-0.25, -0.2) is 0 Å². The fraction of sp³-hybridized carbons (Fsp3) is 0.154. The van der Waals surface area contributed by atoms with Crippen LogP contribution in [0.5, 0.6) is 0 Å². The van der Waals surface area contributed by atoms with Crippen LogP contribution in [0.1, 0.15) is 17.3 Å². The molecule has 0 unspecified atom stereocenters. The lowest BCUT2D eigenvalue weighted by atomic mass is 10.1. The quantitative estimate of drug-likeness (QED) is 0.867. The van der Waals surface area contributed by atoms with Gasteiger partial charge in [-0.2, -0.15) is 0 Å². The summed E-state index contributed by atoms with van der Waals surface area (Å²) in [6.07, 6.45) is 1.68. The summed E-state index contributed by atoms with van der Waals surface area (Å²) in [4.78, 5) is 26.9. The van der Waals surface area contributed by atoms with Crippen LogP contribution in [0.4, 0.5) is 0 Å². The first-order valence-electron chi connectivity index (χ1n) is 5.30. The molecule has 4 heteroatoms. The Balaban J connectivity index is 2.35. The van der Waals surface area contributed by atoms with Gasteiger partial charge >= 0.3 is 0 Å². The number of hydrogen-bond donors (Lipinski definition) is 1. The fourth-order valence-corrected chi connectivity index (χ4v) is 1.60. The number of fused-ring (bicyclic) bond motifs is 1. The van der Waals surface area contributed by atoms with E-state index in [2.05, 4.69) is 10.3 Å². The summed E-state index contributed by atoms with van der Waals surface area (Å²) in [5.74, 6) is -0.324. The molecule has 0 aliphatic rings. The van der Waals surface area contributed by atoms with Crippen molar-refractivity contribution in [2.24, 2.45) is 0 Å². The molecule has 1 N–H and O–H groups in total. The van der Waals surface area contributed by atoms with E-state index in [-0.39, 0.29) is 18.2 Å². The third kappa shape index (κ3) is 2.47. The number of amides is 1. The van der Waals surface area contributed by atoms with Gasteiger partial charge in [-0.1, -0.05) is 12.1 Å². The summed E-state index contributed by atoms with van der Waals surface area (Å²) < 4.78 is 0. The maximum absolute atomic E-state index is 11.9. The zero-order chi connectivity index (χ0) is 12.3. The van der Waals surface area contributed by atoms with Crippen LogP contribution in [0, 0.1) is 0 Å². The molecule has 0 saturated carbocycles. The Kier molecular flexibility index (Phi) is 3.14. The highest BCUT2D eigenvalue weighted by atomic mass is 16.2. The average Bonchev–Trinajstić information content (AvgIpc) is 2.35. The van der Waals surface area contributed by atoms with E-state index in [0.29, 0.717) is 5.56 Å². The molecule has 2 rings (SSSR count). The number of nitrogens with zero attached hydrogens (tertiary/aromatic N) is 1. The molecule has 17 heavy (non-hydrogen) atoms. The molecule has 0 aliphatic heterocycles. The van der Waals surface area contributed by atoms with Crippen LogP contribution in [-0.4, -0.2) is 23.2 Å². The third-order valence-electron chi connectivity index (χ3n) is 2.39. The van der Waals surface area contributed by atoms with E-state index in [1.54, 1.807) is 24.4 Å². The van der Waals surface area contributed by atoms with E-state index in [4.69, 9.17) is 0 Å². The van der Waals surface area contributed by atoms with Crippen molar-refractivity contribution in [1.82, 2.24) is 10.3 Å². The van der Waals surface area contributed by atoms with Gasteiger partial charge in [0.05, 0.1) is 12.1 Å². The van der Waals surface area contributed by atoms with Crippen molar-refractivity contribution in [3.63, 3.8) is 0 Å². The maximum Gasteiger partial charge on any atom is 0.252 e.